The minimum absolute atomic E-state index is 0.0700. The molecule has 0 bridgehead atoms. The zero-order valence-electron chi connectivity index (χ0n) is 20.5. The summed E-state index contributed by atoms with van der Waals surface area (Å²) in [6.45, 7) is 4.28. The number of thiazole rings is 1. The molecule has 0 aliphatic carbocycles. The van der Waals surface area contributed by atoms with Crippen LogP contribution in [0.3, 0.4) is 0 Å². The van der Waals surface area contributed by atoms with Crippen LogP contribution < -0.4 is 9.64 Å². The van der Waals surface area contributed by atoms with Crippen molar-refractivity contribution >= 4 is 55.8 Å². The van der Waals surface area contributed by atoms with Crippen LogP contribution in [0.4, 0.5) is 5.13 Å². The molecule has 1 aliphatic heterocycles. The lowest BCUT2D eigenvalue weighted by Crippen LogP contribution is -2.29. The van der Waals surface area contributed by atoms with Crippen LogP contribution in [-0.2, 0) is 14.3 Å². The molecule has 4 rings (SSSR count). The Labute approximate surface area is 226 Å². The average Bonchev–Trinajstić information content (AvgIpc) is 3.40. The fourth-order valence-electron chi connectivity index (χ4n) is 3.96. The number of esters is 1. The normalized spacial score (nSPS) is 16.8. The molecule has 2 aromatic carbocycles. The van der Waals surface area contributed by atoms with Gasteiger partial charge in [0.1, 0.15) is 16.4 Å². The van der Waals surface area contributed by atoms with Gasteiger partial charge in [-0.1, -0.05) is 52.7 Å². The fourth-order valence-corrected chi connectivity index (χ4v) is 5.23. The van der Waals surface area contributed by atoms with E-state index in [2.05, 4.69) is 27.8 Å². The maximum atomic E-state index is 13.3. The number of anilines is 1. The number of carbonyl (C=O) groups excluding carboxylic acids is 3. The maximum Gasteiger partial charge on any atom is 0.350 e. The number of carbonyl (C=O) groups is 3. The Morgan fingerprint density at radius 1 is 1.14 bits per heavy atom. The second-order valence-corrected chi connectivity index (χ2v) is 10.2. The van der Waals surface area contributed by atoms with Crippen LogP contribution in [0.2, 0.25) is 0 Å². The summed E-state index contributed by atoms with van der Waals surface area (Å²) in [5.74, 6) is -1.95. The van der Waals surface area contributed by atoms with Gasteiger partial charge in [0.2, 0.25) is 0 Å². The topological polar surface area (TPSA) is 106 Å². The molecule has 1 amide bonds. The lowest BCUT2D eigenvalue weighted by molar-refractivity contribution is -0.132. The molecule has 37 heavy (non-hydrogen) atoms. The largest absolute Gasteiger partial charge is 0.507 e. The molecule has 2 heterocycles. The van der Waals surface area contributed by atoms with Crippen molar-refractivity contribution in [3.63, 3.8) is 0 Å². The lowest BCUT2D eigenvalue weighted by Gasteiger charge is -2.23. The molecule has 3 aromatic rings. The Bertz CT molecular complexity index is 1360. The number of rotatable bonds is 8. The van der Waals surface area contributed by atoms with E-state index in [1.807, 2.05) is 0 Å². The van der Waals surface area contributed by atoms with Crippen molar-refractivity contribution in [2.45, 2.75) is 32.7 Å². The van der Waals surface area contributed by atoms with E-state index in [4.69, 9.17) is 9.47 Å². The first kappa shape index (κ1) is 26.6. The van der Waals surface area contributed by atoms with Crippen LogP contribution in [0.15, 0.2) is 58.6 Å². The number of hydrogen-bond acceptors (Lipinski definition) is 8. The number of hydrogen-bond donors (Lipinski definition) is 1. The number of unbranched alkanes of at least 4 members (excludes halogenated alkanes) is 1. The van der Waals surface area contributed by atoms with E-state index >= 15 is 0 Å². The van der Waals surface area contributed by atoms with Crippen LogP contribution in [0.1, 0.15) is 52.3 Å². The molecule has 0 unspecified atom stereocenters. The average molecular weight is 585 g/mol. The minimum atomic E-state index is -0.954. The van der Waals surface area contributed by atoms with E-state index in [0.717, 1.165) is 28.7 Å². The molecule has 192 valence electrons. The smallest absolute Gasteiger partial charge is 0.350 e. The predicted octanol–water partition coefficient (Wildman–Crippen LogP) is 5.81. The van der Waals surface area contributed by atoms with Gasteiger partial charge in [-0.25, -0.2) is 9.78 Å². The van der Waals surface area contributed by atoms with Gasteiger partial charge in [-0.05, 0) is 55.3 Å². The van der Waals surface area contributed by atoms with Crippen LogP contribution in [0.25, 0.3) is 5.76 Å². The monoisotopic (exact) mass is 584 g/mol. The molecule has 1 fully saturated rings. The van der Waals surface area contributed by atoms with E-state index in [0.29, 0.717) is 29.2 Å². The summed E-state index contributed by atoms with van der Waals surface area (Å²) in [6.07, 6.45) is 1.93. The number of methoxy groups -OCH3 is 1. The third-order valence-electron chi connectivity index (χ3n) is 5.89. The van der Waals surface area contributed by atoms with E-state index in [9.17, 15) is 19.5 Å². The van der Waals surface area contributed by atoms with Crippen molar-refractivity contribution in [3.05, 3.63) is 80.3 Å². The van der Waals surface area contributed by atoms with Crippen molar-refractivity contribution in [1.29, 1.82) is 0 Å². The van der Waals surface area contributed by atoms with Gasteiger partial charge in [-0.3, -0.25) is 14.5 Å². The van der Waals surface area contributed by atoms with Crippen LogP contribution in [-0.4, -0.2) is 41.5 Å². The summed E-state index contributed by atoms with van der Waals surface area (Å²) in [7, 11) is 1.26. The quantitative estimate of drug-likeness (QED) is 0.117. The van der Waals surface area contributed by atoms with E-state index in [1.54, 1.807) is 55.5 Å². The molecule has 10 heteroatoms. The lowest BCUT2D eigenvalue weighted by atomic mass is 9.95. The molecule has 8 nitrogen and oxygen atoms in total. The maximum absolute atomic E-state index is 13.3. The standard InChI is InChI=1S/C27H25BrN2O6S/c1-4-5-14-36-19-12-8-17(9-13-19)22(31)20-21(16-6-10-18(28)11-7-16)30(25(33)23(20)32)27-29-15(2)24(37-27)26(34)35-3/h6-13,21,31H,4-5,14H2,1-3H3/t21-/m1/s1. The first-order valence-corrected chi connectivity index (χ1v) is 13.2. The van der Waals surface area contributed by atoms with Crippen molar-refractivity contribution in [3.8, 4) is 5.75 Å². The molecule has 1 N–H and O–H groups in total. The number of ketones is 1. The molecule has 0 saturated carbocycles. The van der Waals surface area contributed by atoms with E-state index in [-0.39, 0.29) is 21.3 Å². The highest BCUT2D eigenvalue weighted by atomic mass is 79.9. The van der Waals surface area contributed by atoms with Gasteiger partial charge >= 0.3 is 11.9 Å². The van der Waals surface area contributed by atoms with Crippen molar-refractivity contribution < 1.29 is 29.0 Å². The number of aryl methyl sites for hydroxylation is 1. The molecule has 0 spiro atoms. The summed E-state index contributed by atoms with van der Waals surface area (Å²) < 4.78 is 11.3. The number of halogens is 1. The molecular weight excluding hydrogens is 560 g/mol. The van der Waals surface area contributed by atoms with Gasteiger partial charge < -0.3 is 14.6 Å². The summed E-state index contributed by atoms with van der Waals surface area (Å²) in [4.78, 5) is 44.7. The van der Waals surface area contributed by atoms with Crippen molar-refractivity contribution in [2.24, 2.45) is 0 Å². The fraction of sp³-hybridized carbons (Fsp3) is 0.259. The van der Waals surface area contributed by atoms with Gasteiger partial charge in [0.25, 0.3) is 5.78 Å². The molecule has 0 radical (unpaired) electrons. The van der Waals surface area contributed by atoms with E-state index < -0.39 is 23.7 Å². The predicted molar refractivity (Wildman–Crippen MR) is 144 cm³/mol. The van der Waals surface area contributed by atoms with Crippen LogP contribution >= 0.6 is 27.3 Å². The number of benzene rings is 2. The first-order chi connectivity index (χ1) is 17.8. The second kappa shape index (κ2) is 11.3. The summed E-state index contributed by atoms with van der Waals surface area (Å²) in [5.41, 5.74) is 1.27. The summed E-state index contributed by atoms with van der Waals surface area (Å²) >= 11 is 4.36. The number of ether oxygens (including phenoxy) is 2. The Morgan fingerprint density at radius 2 is 1.81 bits per heavy atom. The van der Waals surface area contributed by atoms with Crippen LogP contribution in [0, 0.1) is 6.92 Å². The Kier molecular flexibility index (Phi) is 8.09. The van der Waals surface area contributed by atoms with Crippen molar-refractivity contribution in [2.75, 3.05) is 18.6 Å². The number of aromatic nitrogens is 1. The van der Waals surface area contributed by atoms with Gasteiger partial charge in [-0.2, -0.15) is 0 Å². The second-order valence-electron chi connectivity index (χ2n) is 8.35. The SMILES string of the molecule is CCCCOc1ccc(C(O)=C2C(=O)C(=O)N(c3nc(C)c(C(=O)OC)s3)[C@@H]2c2ccc(Br)cc2)cc1. The third-order valence-corrected chi connectivity index (χ3v) is 7.55. The van der Waals surface area contributed by atoms with Gasteiger partial charge in [0.05, 0.1) is 31.0 Å². The number of nitrogens with zero attached hydrogens (tertiary/aromatic N) is 2. The first-order valence-electron chi connectivity index (χ1n) is 11.6. The zero-order chi connectivity index (χ0) is 26.7. The van der Waals surface area contributed by atoms with Gasteiger partial charge in [0.15, 0.2) is 5.13 Å². The highest BCUT2D eigenvalue weighted by Gasteiger charge is 2.48. The van der Waals surface area contributed by atoms with E-state index in [1.165, 1.54) is 12.0 Å². The Balaban J connectivity index is 1.81. The Morgan fingerprint density at radius 3 is 2.43 bits per heavy atom. The minimum Gasteiger partial charge on any atom is -0.507 e. The van der Waals surface area contributed by atoms with Gasteiger partial charge in [-0.15, -0.1) is 0 Å². The molecular formula is C27H25BrN2O6S. The number of aliphatic hydroxyl groups excluding tert-OH is 1. The molecule has 1 saturated heterocycles. The number of aliphatic hydroxyl groups is 1. The molecule has 1 aromatic heterocycles. The summed E-state index contributed by atoms with van der Waals surface area (Å²) in [6, 6.07) is 12.8. The molecule has 1 aliphatic rings. The third kappa shape index (κ3) is 5.30. The number of Topliss-reactive ketones (excluding diaryl/α,β-unsaturated/α-hetero) is 1. The zero-order valence-corrected chi connectivity index (χ0v) is 22.9. The Hall–Kier alpha value is -3.50. The highest BCUT2D eigenvalue weighted by Crippen LogP contribution is 2.44. The highest BCUT2D eigenvalue weighted by molar-refractivity contribution is 9.10. The van der Waals surface area contributed by atoms with Gasteiger partial charge in [0, 0.05) is 10.0 Å². The van der Waals surface area contributed by atoms with Crippen LogP contribution in [0.5, 0.6) is 5.75 Å². The summed E-state index contributed by atoms with van der Waals surface area (Å²) in [5, 5.41) is 11.4. The number of amides is 1. The van der Waals surface area contributed by atoms with Crippen molar-refractivity contribution in [1.82, 2.24) is 4.98 Å². The molecule has 1 atom stereocenters.